The van der Waals surface area contributed by atoms with Crippen molar-refractivity contribution in [2.45, 2.75) is 43.8 Å². The van der Waals surface area contributed by atoms with Crippen LogP contribution in [0.5, 0.6) is 0 Å². The Kier molecular flexibility index (Phi) is 10.7. The van der Waals surface area contributed by atoms with Crippen molar-refractivity contribution in [2.75, 3.05) is 30.4 Å². The number of benzene rings is 1. The first-order chi connectivity index (χ1) is 17.1. The zero-order valence-corrected chi connectivity index (χ0v) is 21.0. The molecule has 1 aromatic carbocycles. The molecule has 1 unspecified atom stereocenters. The number of anilines is 2. The number of nitrogens with zero attached hydrogens (tertiary/aromatic N) is 4. The van der Waals surface area contributed by atoms with E-state index in [2.05, 4.69) is 36.7 Å². The summed E-state index contributed by atoms with van der Waals surface area (Å²) in [6.07, 6.45) is 8.54. The molecule has 0 spiro atoms. The van der Waals surface area contributed by atoms with Gasteiger partial charge in [-0.05, 0) is 68.6 Å². The molecule has 35 heavy (non-hydrogen) atoms. The molecule has 0 aliphatic heterocycles. The summed E-state index contributed by atoms with van der Waals surface area (Å²) in [6.45, 7) is 6.28. The van der Waals surface area contributed by atoms with Crippen LogP contribution in [0.1, 0.15) is 43.4 Å². The second kappa shape index (κ2) is 14.2. The fourth-order valence-corrected chi connectivity index (χ4v) is 3.83. The van der Waals surface area contributed by atoms with Crippen LogP contribution in [-0.2, 0) is 20.7 Å². The van der Waals surface area contributed by atoms with Crippen molar-refractivity contribution in [3.05, 3.63) is 59.9 Å². The Labute approximate surface area is 210 Å². The van der Waals surface area contributed by atoms with Crippen LogP contribution in [0.2, 0.25) is 0 Å². The maximum atomic E-state index is 13.1. The molecule has 2 N–H and O–H groups in total. The minimum Gasteiger partial charge on any atom is -0.477 e. The third kappa shape index (κ3) is 9.14. The number of carbonyl (C=O) groups excluding carboxylic acids is 1. The molecular weight excluding hydrogens is 464 g/mol. The molecule has 1 amide bonds. The van der Waals surface area contributed by atoms with Crippen molar-refractivity contribution < 1.29 is 14.3 Å². The van der Waals surface area contributed by atoms with Crippen LogP contribution in [0.4, 0.5) is 11.6 Å². The Morgan fingerprint density at radius 2 is 2.11 bits per heavy atom. The third-order valence-electron chi connectivity index (χ3n) is 5.09. The van der Waals surface area contributed by atoms with Crippen LogP contribution in [0.15, 0.2) is 58.6 Å². The van der Waals surface area contributed by atoms with Gasteiger partial charge in [0.15, 0.2) is 0 Å². The minimum atomic E-state index is -0.457. The van der Waals surface area contributed by atoms with E-state index < -0.39 is 5.92 Å². The van der Waals surface area contributed by atoms with Gasteiger partial charge in [0.1, 0.15) is 0 Å². The van der Waals surface area contributed by atoms with Crippen molar-refractivity contribution in [1.82, 2.24) is 9.97 Å². The van der Waals surface area contributed by atoms with Crippen molar-refractivity contribution in [3.63, 3.8) is 0 Å². The van der Waals surface area contributed by atoms with Gasteiger partial charge >= 0.3 is 0 Å². The Morgan fingerprint density at radius 1 is 1.31 bits per heavy atom. The lowest BCUT2D eigenvalue weighted by atomic mass is 10.00. The molecule has 10 heteroatoms. The average molecular weight is 497 g/mol. The highest BCUT2D eigenvalue weighted by Crippen LogP contribution is 2.34. The zero-order valence-electron chi connectivity index (χ0n) is 20.1. The van der Waals surface area contributed by atoms with E-state index in [1.807, 2.05) is 31.2 Å². The summed E-state index contributed by atoms with van der Waals surface area (Å²) in [5.41, 5.74) is 2.43. The summed E-state index contributed by atoms with van der Waals surface area (Å²) in [7, 11) is 1.62. The Hall–Kier alpha value is -3.24. The van der Waals surface area contributed by atoms with Crippen LogP contribution < -0.4 is 10.0 Å². The minimum absolute atomic E-state index is 0.138. The molecule has 1 fully saturated rings. The summed E-state index contributed by atoms with van der Waals surface area (Å²) in [6, 6.07) is 9.43. The van der Waals surface area contributed by atoms with E-state index >= 15 is 0 Å². The van der Waals surface area contributed by atoms with Crippen molar-refractivity contribution >= 4 is 42.4 Å². The monoisotopic (exact) mass is 496 g/mol. The van der Waals surface area contributed by atoms with Crippen molar-refractivity contribution in [2.24, 2.45) is 9.98 Å². The topological polar surface area (TPSA) is 110 Å². The predicted octanol–water partition coefficient (Wildman–Crippen LogP) is 4.61. The number of ether oxygens (including phenoxy) is 2. The van der Waals surface area contributed by atoms with Crippen molar-refractivity contribution in [3.8, 4) is 0 Å². The number of amides is 1. The molecule has 1 atom stereocenters. The Bertz CT molecular complexity index is 1020. The van der Waals surface area contributed by atoms with Gasteiger partial charge in [0.05, 0.1) is 24.4 Å². The van der Waals surface area contributed by atoms with Crippen molar-refractivity contribution in [1.29, 1.82) is 0 Å². The Balaban J connectivity index is 1.60. The lowest BCUT2D eigenvalue weighted by Gasteiger charge is -2.17. The van der Waals surface area contributed by atoms with Gasteiger partial charge < -0.3 is 14.8 Å². The highest BCUT2D eigenvalue weighted by Gasteiger charge is 2.24. The van der Waals surface area contributed by atoms with E-state index in [-0.39, 0.29) is 5.91 Å². The highest BCUT2D eigenvalue weighted by molar-refractivity contribution is 8.01. The van der Waals surface area contributed by atoms with Gasteiger partial charge in [-0.2, -0.15) is 0 Å². The van der Waals surface area contributed by atoms with Gasteiger partial charge in [0, 0.05) is 43.5 Å². The maximum Gasteiger partial charge on any atom is 0.233 e. The molecule has 1 aromatic heterocycles. The summed E-state index contributed by atoms with van der Waals surface area (Å²) in [5, 5.41) is 3.62. The number of rotatable bonds is 15. The predicted molar refractivity (Wildman–Crippen MR) is 142 cm³/mol. The number of methoxy groups -OCH3 is 1. The summed E-state index contributed by atoms with van der Waals surface area (Å²) >= 11 is 1.63. The highest BCUT2D eigenvalue weighted by atomic mass is 32.2. The molecule has 0 bridgehead atoms. The van der Waals surface area contributed by atoms with E-state index in [1.165, 1.54) is 19.0 Å². The fraction of sp³-hybridized carbons (Fsp3) is 0.400. The zero-order chi connectivity index (χ0) is 24.9. The van der Waals surface area contributed by atoms with Crippen LogP contribution in [-0.4, -0.2) is 54.4 Å². The summed E-state index contributed by atoms with van der Waals surface area (Å²) in [5.74, 6) is 0.313. The van der Waals surface area contributed by atoms with Crippen LogP contribution in [0.25, 0.3) is 0 Å². The van der Waals surface area contributed by atoms with E-state index in [0.29, 0.717) is 54.5 Å². The summed E-state index contributed by atoms with van der Waals surface area (Å²) < 4.78 is 13.7. The maximum absolute atomic E-state index is 13.1. The normalized spacial score (nSPS) is 14.5. The smallest absolute Gasteiger partial charge is 0.233 e. The van der Waals surface area contributed by atoms with Gasteiger partial charge in [0.25, 0.3) is 0 Å². The average Bonchev–Trinajstić information content (AvgIpc) is 3.71. The number of hydrogen-bond acceptors (Lipinski definition) is 9. The number of carbonyl (C=O) groups is 1. The molecule has 0 radical (unpaired) electrons. The van der Waals surface area contributed by atoms with Gasteiger partial charge in [-0.25, -0.2) is 15.0 Å². The molecule has 0 saturated heterocycles. The first-order valence-corrected chi connectivity index (χ1v) is 12.5. The number of hydrogen-bond donors (Lipinski definition) is 2. The lowest BCUT2D eigenvalue weighted by molar-refractivity contribution is -0.118. The standard InChI is InChI=1S/C25H32N6O3S/c1-4-34-23(26-2)17-27-14-11-18-5-7-19(8-6-18)29-24(32)21(13-16-33-3)22-12-15-28-25(30-22)31-35-20-9-10-20/h5-8,12,14-15,17,20-21H,2,4,9-11,13,16H2,1,3H3,(H,29,32)(H,28,30,31)/b23-17+,27-14?. The molecule has 186 valence electrons. The molecule has 3 rings (SSSR count). The fourth-order valence-electron chi connectivity index (χ4n) is 3.09. The largest absolute Gasteiger partial charge is 0.477 e. The quantitative estimate of drug-likeness (QED) is 0.210. The number of aliphatic imine (C=N–C) groups is 2. The second-order valence-corrected chi connectivity index (χ2v) is 8.95. The van der Waals surface area contributed by atoms with Gasteiger partial charge in [-0.15, -0.1) is 0 Å². The molecule has 1 heterocycles. The van der Waals surface area contributed by atoms with Gasteiger partial charge in [-0.1, -0.05) is 12.1 Å². The Morgan fingerprint density at radius 3 is 2.80 bits per heavy atom. The van der Waals surface area contributed by atoms with Crippen LogP contribution in [0, 0.1) is 0 Å². The SMILES string of the molecule is C=N/C(=C\N=CCc1ccc(NC(=O)C(CCOC)c2ccnc(NSC3CC3)n2)cc1)OCC. The van der Waals surface area contributed by atoms with Gasteiger partial charge in [0.2, 0.25) is 17.7 Å². The van der Waals surface area contributed by atoms with Crippen LogP contribution in [0.3, 0.4) is 0 Å². The molecular formula is C25H32N6O3S. The second-order valence-electron chi connectivity index (χ2n) is 7.84. The lowest BCUT2D eigenvalue weighted by Crippen LogP contribution is -2.23. The number of nitrogens with one attached hydrogen (secondary N) is 2. The molecule has 1 aliphatic carbocycles. The van der Waals surface area contributed by atoms with E-state index in [9.17, 15) is 4.79 Å². The molecule has 1 saturated carbocycles. The van der Waals surface area contributed by atoms with Gasteiger partial charge in [-0.3, -0.25) is 14.5 Å². The number of aromatic nitrogens is 2. The first-order valence-electron chi connectivity index (χ1n) is 11.6. The van der Waals surface area contributed by atoms with E-state index in [1.54, 1.807) is 37.5 Å². The molecule has 1 aliphatic rings. The van der Waals surface area contributed by atoms with Crippen LogP contribution >= 0.6 is 11.9 Å². The molecule has 2 aromatic rings. The third-order valence-corrected chi connectivity index (χ3v) is 6.19. The molecule has 9 nitrogen and oxygen atoms in total. The first kappa shape index (κ1) is 26.4. The van der Waals surface area contributed by atoms with E-state index in [0.717, 1.165) is 5.56 Å². The van der Waals surface area contributed by atoms with E-state index in [4.69, 9.17) is 9.47 Å². The summed E-state index contributed by atoms with van der Waals surface area (Å²) in [4.78, 5) is 29.9.